The van der Waals surface area contributed by atoms with E-state index in [4.69, 9.17) is 9.47 Å². The van der Waals surface area contributed by atoms with Crippen LogP contribution in [-0.2, 0) is 9.53 Å². The molecule has 0 spiro atoms. The van der Waals surface area contributed by atoms with E-state index >= 15 is 0 Å². The molecule has 23 heavy (non-hydrogen) atoms. The monoisotopic (exact) mass is 320 g/mol. The molecule has 124 valence electrons. The van der Waals surface area contributed by atoms with Crippen LogP contribution >= 0.6 is 0 Å². The van der Waals surface area contributed by atoms with E-state index in [1.807, 2.05) is 0 Å². The second-order valence-corrected chi connectivity index (χ2v) is 4.92. The van der Waals surface area contributed by atoms with Crippen molar-refractivity contribution < 1.29 is 24.2 Å². The van der Waals surface area contributed by atoms with Crippen molar-refractivity contribution in [1.29, 1.82) is 0 Å². The highest BCUT2D eigenvalue weighted by atomic mass is 16.5. The van der Waals surface area contributed by atoms with Gasteiger partial charge in [-0.05, 0) is 26.8 Å². The first kappa shape index (κ1) is 16.7. The lowest BCUT2D eigenvalue weighted by atomic mass is 9.94. The number of para-hydroxylation sites is 1. The van der Waals surface area contributed by atoms with Crippen LogP contribution in [0.4, 0.5) is 4.79 Å². The molecule has 1 aliphatic heterocycles. The minimum atomic E-state index is -0.816. The van der Waals surface area contributed by atoms with Crippen molar-refractivity contribution in [2.24, 2.45) is 0 Å². The summed E-state index contributed by atoms with van der Waals surface area (Å²) in [6.45, 7) is 5.70. The molecule has 0 radical (unpaired) electrons. The van der Waals surface area contributed by atoms with Crippen molar-refractivity contribution in [3.63, 3.8) is 0 Å². The summed E-state index contributed by atoms with van der Waals surface area (Å²) >= 11 is 0. The van der Waals surface area contributed by atoms with Gasteiger partial charge in [-0.15, -0.1) is 0 Å². The minimum absolute atomic E-state index is 0.115. The number of urea groups is 1. The van der Waals surface area contributed by atoms with Crippen molar-refractivity contribution in [3.05, 3.63) is 35.0 Å². The number of allylic oxidation sites excluding steroid dienone is 1. The van der Waals surface area contributed by atoms with Gasteiger partial charge < -0.3 is 25.2 Å². The van der Waals surface area contributed by atoms with Gasteiger partial charge >= 0.3 is 12.0 Å². The summed E-state index contributed by atoms with van der Waals surface area (Å²) in [4.78, 5) is 24.0. The molecule has 2 rings (SSSR count). The molecule has 2 amide bonds. The molecule has 1 heterocycles. The molecular weight excluding hydrogens is 300 g/mol. The Labute approximate surface area is 134 Å². The average Bonchev–Trinajstić information content (AvgIpc) is 2.49. The molecular formula is C16H20N2O5. The SMILES string of the molecule is CCOC(=O)C1=C(C)NC(=O)N[C@@H]1c1cccc(OCC)c1O. The number of phenols is 1. The normalized spacial score (nSPS) is 17.3. The zero-order chi connectivity index (χ0) is 17.0. The van der Waals surface area contributed by atoms with E-state index in [9.17, 15) is 14.7 Å². The van der Waals surface area contributed by atoms with E-state index < -0.39 is 18.0 Å². The number of hydrogen-bond acceptors (Lipinski definition) is 5. The fourth-order valence-corrected chi connectivity index (χ4v) is 2.45. The third-order valence-electron chi connectivity index (χ3n) is 3.41. The van der Waals surface area contributed by atoms with Gasteiger partial charge in [-0.2, -0.15) is 0 Å². The Hall–Kier alpha value is -2.70. The Bertz CT molecular complexity index is 654. The molecule has 0 saturated heterocycles. The fraction of sp³-hybridized carbons (Fsp3) is 0.375. The van der Waals surface area contributed by atoms with Gasteiger partial charge in [0, 0.05) is 11.3 Å². The van der Waals surface area contributed by atoms with Crippen LogP contribution in [0.3, 0.4) is 0 Å². The second-order valence-electron chi connectivity index (χ2n) is 4.92. The number of carbonyl (C=O) groups is 2. The second kappa shape index (κ2) is 7.04. The lowest BCUT2D eigenvalue weighted by Gasteiger charge is -2.28. The van der Waals surface area contributed by atoms with Crippen molar-refractivity contribution in [1.82, 2.24) is 10.6 Å². The van der Waals surface area contributed by atoms with Gasteiger partial charge in [0.05, 0.1) is 24.8 Å². The van der Waals surface area contributed by atoms with Gasteiger partial charge in [0.2, 0.25) is 0 Å². The summed E-state index contributed by atoms with van der Waals surface area (Å²) in [5.74, 6) is -0.376. The highest BCUT2D eigenvalue weighted by Crippen LogP contribution is 2.38. The zero-order valence-corrected chi connectivity index (χ0v) is 13.3. The topological polar surface area (TPSA) is 96.9 Å². The number of nitrogens with one attached hydrogen (secondary N) is 2. The molecule has 1 aliphatic rings. The molecule has 0 unspecified atom stereocenters. The highest BCUT2D eigenvalue weighted by Gasteiger charge is 2.34. The molecule has 0 bridgehead atoms. The van der Waals surface area contributed by atoms with E-state index in [1.54, 1.807) is 39.0 Å². The number of carbonyl (C=O) groups excluding carboxylic acids is 2. The maximum atomic E-state index is 12.2. The number of phenolic OH excluding ortho intramolecular Hbond substituents is 1. The largest absolute Gasteiger partial charge is 0.504 e. The maximum Gasteiger partial charge on any atom is 0.338 e. The standard InChI is InChI=1S/C16H20N2O5/c1-4-22-11-8-6-7-10(14(11)19)13-12(15(20)23-5-2)9(3)17-16(21)18-13/h6-8,13,19H,4-5H2,1-3H3,(H2,17,18,21)/t13-/m1/s1. The lowest BCUT2D eigenvalue weighted by molar-refractivity contribution is -0.139. The first-order valence-electron chi connectivity index (χ1n) is 7.39. The smallest absolute Gasteiger partial charge is 0.338 e. The minimum Gasteiger partial charge on any atom is -0.504 e. The number of amides is 2. The van der Waals surface area contributed by atoms with Gasteiger partial charge in [0.15, 0.2) is 11.5 Å². The van der Waals surface area contributed by atoms with Crippen LogP contribution in [0.15, 0.2) is 29.5 Å². The third-order valence-corrected chi connectivity index (χ3v) is 3.41. The van der Waals surface area contributed by atoms with Gasteiger partial charge in [-0.3, -0.25) is 0 Å². The number of ether oxygens (including phenoxy) is 2. The zero-order valence-electron chi connectivity index (χ0n) is 13.3. The van der Waals surface area contributed by atoms with Gasteiger partial charge in [0.25, 0.3) is 0 Å². The summed E-state index contributed by atoms with van der Waals surface area (Å²) in [6, 6.07) is 3.66. The quantitative estimate of drug-likeness (QED) is 0.721. The highest BCUT2D eigenvalue weighted by molar-refractivity contribution is 5.95. The van der Waals surface area contributed by atoms with Gasteiger partial charge in [-0.25, -0.2) is 9.59 Å². The first-order chi connectivity index (χ1) is 11.0. The van der Waals surface area contributed by atoms with E-state index in [-0.39, 0.29) is 17.9 Å². The number of esters is 1. The summed E-state index contributed by atoms with van der Waals surface area (Å²) < 4.78 is 10.4. The molecule has 7 nitrogen and oxygen atoms in total. The van der Waals surface area contributed by atoms with Crippen LogP contribution in [0.2, 0.25) is 0 Å². The Kier molecular flexibility index (Phi) is 5.10. The van der Waals surface area contributed by atoms with Crippen molar-refractivity contribution in [2.45, 2.75) is 26.8 Å². The van der Waals surface area contributed by atoms with Crippen LogP contribution in [-0.4, -0.2) is 30.3 Å². The van der Waals surface area contributed by atoms with E-state index in [0.29, 0.717) is 23.6 Å². The Morgan fingerprint density at radius 2 is 2.04 bits per heavy atom. The molecule has 7 heteroatoms. The van der Waals surface area contributed by atoms with Crippen LogP contribution in [0.5, 0.6) is 11.5 Å². The van der Waals surface area contributed by atoms with Crippen molar-refractivity contribution in [3.8, 4) is 11.5 Å². The molecule has 3 N–H and O–H groups in total. The number of hydrogen-bond donors (Lipinski definition) is 3. The van der Waals surface area contributed by atoms with Crippen LogP contribution in [0, 0.1) is 0 Å². The molecule has 0 aliphatic carbocycles. The summed E-state index contributed by atoms with van der Waals surface area (Å²) in [6.07, 6.45) is 0. The Morgan fingerprint density at radius 3 is 2.70 bits per heavy atom. The molecule has 1 aromatic carbocycles. The van der Waals surface area contributed by atoms with Crippen molar-refractivity contribution >= 4 is 12.0 Å². The van der Waals surface area contributed by atoms with Crippen molar-refractivity contribution in [2.75, 3.05) is 13.2 Å². The Balaban J connectivity index is 2.50. The Morgan fingerprint density at radius 1 is 1.30 bits per heavy atom. The fourth-order valence-electron chi connectivity index (χ4n) is 2.45. The molecule has 0 saturated carbocycles. The van der Waals surface area contributed by atoms with Gasteiger partial charge in [0.1, 0.15) is 0 Å². The number of benzene rings is 1. The lowest BCUT2D eigenvalue weighted by Crippen LogP contribution is -2.45. The van der Waals surface area contributed by atoms with Crippen LogP contribution in [0.1, 0.15) is 32.4 Å². The predicted molar refractivity (Wildman–Crippen MR) is 83.0 cm³/mol. The molecule has 1 aromatic rings. The first-order valence-corrected chi connectivity index (χ1v) is 7.39. The predicted octanol–water partition coefficient (Wildman–Crippen LogP) is 1.98. The molecule has 1 atom stereocenters. The van der Waals surface area contributed by atoms with Crippen LogP contribution < -0.4 is 15.4 Å². The van der Waals surface area contributed by atoms with Gasteiger partial charge in [-0.1, -0.05) is 12.1 Å². The molecule has 0 aromatic heterocycles. The molecule has 0 fully saturated rings. The van der Waals surface area contributed by atoms with Crippen LogP contribution in [0.25, 0.3) is 0 Å². The number of aromatic hydroxyl groups is 1. The van der Waals surface area contributed by atoms with E-state index in [2.05, 4.69) is 10.6 Å². The summed E-state index contributed by atoms with van der Waals surface area (Å²) in [7, 11) is 0. The van der Waals surface area contributed by atoms with E-state index in [1.165, 1.54) is 0 Å². The third kappa shape index (κ3) is 3.39. The average molecular weight is 320 g/mol. The maximum absolute atomic E-state index is 12.2. The summed E-state index contributed by atoms with van der Waals surface area (Å²) in [5, 5.41) is 15.6. The van der Waals surface area contributed by atoms with E-state index in [0.717, 1.165) is 0 Å². The number of rotatable bonds is 5. The summed E-state index contributed by atoms with van der Waals surface area (Å²) in [5.41, 5.74) is 1.00.